The van der Waals surface area contributed by atoms with E-state index in [1.165, 1.54) is 13.4 Å². The minimum atomic E-state index is -0.270. The summed E-state index contributed by atoms with van der Waals surface area (Å²) in [6, 6.07) is 1.62. The number of hydrogen-bond acceptors (Lipinski definition) is 4. The molecule has 0 bridgehead atoms. The van der Waals surface area contributed by atoms with Crippen LogP contribution in [0.4, 0.5) is 0 Å². The van der Waals surface area contributed by atoms with Crippen molar-refractivity contribution >= 4 is 11.9 Å². The Labute approximate surface area is 93.8 Å². The Morgan fingerprint density at radius 3 is 2.81 bits per heavy atom. The van der Waals surface area contributed by atoms with E-state index < -0.39 is 0 Å². The second kappa shape index (κ2) is 5.95. The molecular formula is C11H15NO4. The molecule has 0 saturated carbocycles. The summed E-state index contributed by atoms with van der Waals surface area (Å²) in [6.45, 7) is 2.17. The third kappa shape index (κ3) is 3.42. The van der Waals surface area contributed by atoms with E-state index in [4.69, 9.17) is 4.42 Å². The molecule has 1 N–H and O–H groups in total. The SMILES string of the molecule is COC(=O)CCCNC(=O)c1ccoc1C. The number of amides is 1. The summed E-state index contributed by atoms with van der Waals surface area (Å²) in [5.74, 6) is 0.135. The lowest BCUT2D eigenvalue weighted by atomic mass is 10.2. The minimum Gasteiger partial charge on any atom is -0.469 e. The second-order valence-corrected chi connectivity index (χ2v) is 3.33. The number of carbonyl (C=O) groups excluding carboxylic acids is 2. The third-order valence-electron chi connectivity index (χ3n) is 2.17. The van der Waals surface area contributed by atoms with E-state index in [9.17, 15) is 9.59 Å². The standard InChI is InChI=1S/C11H15NO4/c1-8-9(5-7-16-8)11(14)12-6-3-4-10(13)15-2/h5,7H,3-4,6H2,1-2H3,(H,12,14). The fraction of sp³-hybridized carbons (Fsp3) is 0.455. The lowest BCUT2D eigenvalue weighted by Gasteiger charge is -2.03. The summed E-state index contributed by atoms with van der Waals surface area (Å²) >= 11 is 0. The van der Waals surface area contributed by atoms with Crippen LogP contribution in [0, 0.1) is 6.92 Å². The van der Waals surface area contributed by atoms with Crippen molar-refractivity contribution in [2.45, 2.75) is 19.8 Å². The van der Waals surface area contributed by atoms with Gasteiger partial charge in [-0.15, -0.1) is 0 Å². The van der Waals surface area contributed by atoms with Crippen LogP contribution in [-0.4, -0.2) is 25.5 Å². The Hall–Kier alpha value is -1.78. The van der Waals surface area contributed by atoms with Gasteiger partial charge >= 0.3 is 5.97 Å². The summed E-state index contributed by atoms with van der Waals surface area (Å²) in [7, 11) is 1.34. The Balaban J connectivity index is 2.26. The van der Waals surface area contributed by atoms with Crippen molar-refractivity contribution in [2.24, 2.45) is 0 Å². The monoisotopic (exact) mass is 225 g/mol. The number of esters is 1. The van der Waals surface area contributed by atoms with Gasteiger partial charge in [0.25, 0.3) is 5.91 Å². The normalized spacial score (nSPS) is 9.88. The predicted molar refractivity (Wildman–Crippen MR) is 57.0 cm³/mol. The number of methoxy groups -OCH3 is 1. The summed E-state index contributed by atoms with van der Waals surface area (Å²) in [5.41, 5.74) is 0.526. The van der Waals surface area contributed by atoms with Crippen LogP contribution in [-0.2, 0) is 9.53 Å². The lowest BCUT2D eigenvalue weighted by Crippen LogP contribution is -2.25. The molecule has 1 aromatic heterocycles. The Morgan fingerprint density at radius 2 is 2.25 bits per heavy atom. The zero-order valence-corrected chi connectivity index (χ0v) is 9.41. The van der Waals surface area contributed by atoms with Gasteiger partial charge in [0, 0.05) is 13.0 Å². The number of carbonyl (C=O) groups is 2. The topological polar surface area (TPSA) is 68.5 Å². The fourth-order valence-electron chi connectivity index (χ4n) is 1.25. The summed E-state index contributed by atoms with van der Waals surface area (Å²) < 4.78 is 9.49. The number of rotatable bonds is 5. The van der Waals surface area contributed by atoms with E-state index in [1.807, 2.05) is 0 Å². The second-order valence-electron chi connectivity index (χ2n) is 3.33. The molecule has 16 heavy (non-hydrogen) atoms. The summed E-state index contributed by atoms with van der Waals surface area (Å²) in [5, 5.41) is 2.70. The molecule has 5 heteroatoms. The molecule has 0 atom stereocenters. The lowest BCUT2D eigenvalue weighted by molar-refractivity contribution is -0.140. The molecule has 0 radical (unpaired) electrons. The first-order chi connectivity index (χ1) is 7.65. The van der Waals surface area contributed by atoms with Gasteiger partial charge in [-0.1, -0.05) is 0 Å². The Morgan fingerprint density at radius 1 is 1.50 bits per heavy atom. The molecule has 0 aliphatic rings. The van der Waals surface area contributed by atoms with Crippen molar-refractivity contribution in [2.75, 3.05) is 13.7 Å². The zero-order valence-electron chi connectivity index (χ0n) is 9.41. The number of aryl methyl sites for hydroxylation is 1. The van der Waals surface area contributed by atoms with E-state index in [0.717, 1.165) is 0 Å². The first-order valence-electron chi connectivity index (χ1n) is 5.04. The highest BCUT2D eigenvalue weighted by Gasteiger charge is 2.10. The molecule has 0 aliphatic carbocycles. The van der Waals surface area contributed by atoms with Gasteiger partial charge in [-0.2, -0.15) is 0 Å². The maximum Gasteiger partial charge on any atom is 0.305 e. The maximum atomic E-state index is 11.6. The molecule has 1 rings (SSSR count). The molecule has 0 aromatic carbocycles. The molecule has 0 aliphatic heterocycles. The van der Waals surface area contributed by atoms with Crippen LogP contribution in [0.25, 0.3) is 0 Å². The van der Waals surface area contributed by atoms with Gasteiger partial charge < -0.3 is 14.5 Å². The van der Waals surface area contributed by atoms with Crippen molar-refractivity contribution in [3.63, 3.8) is 0 Å². The van der Waals surface area contributed by atoms with E-state index in [-0.39, 0.29) is 11.9 Å². The third-order valence-corrected chi connectivity index (χ3v) is 2.17. The van der Waals surface area contributed by atoms with Crippen LogP contribution in [0.15, 0.2) is 16.7 Å². The highest BCUT2D eigenvalue weighted by Crippen LogP contribution is 2.07. The highest BCUT2D eigenvalue weighted by atomic mass is 16.5. The molecule has 0 spiro atoms. The van der Waals surface area contributed by atoms with Gasteiger partial charge in [-0.05, 0) is 19.4 Å². The zero-order chi connectivity index (χ0) is 12.0. The molecule has 1 heterocycles. The van der Waals surface area contributed by atoms with Gasteiger partial charge in [-0.25, -0.2) is 0 Å². The summed E-state index contributed by atoms with van der Waals surface area (Å²) in [6.07, 6.45) is 2.34. The number of nitrogens with one attached hydrogen (secondary N) is 1. The maximum absolute atomic E-state index is 11.6. The fourth-order valence-corrected chi connectivity index (χ4v) is 1.25. The van der Waals surface area contributed by atoms with E-state index in [2.05, 4.69) is 10.1 Å². The largest absolute Gasteiger partial charge is 0.469 e. The molecule has 1 aromatic rings. The Kier molecular flexibility index (Phi) is 4.57. The van der Waals surface area contributed by atoms with Crippen LogP contribution < -0.4 is 5.32 Å². The van der Waals surface area contributed by atoms with Crippen molar-refractivity contribution in [3.05, 3.63) is 23.7 Å². The van der Waals surface area contributed by atoms with Gasteiger partial charge in [0.1, 0.15) is 5.76 Å². The predicted octanol–water partition coefficient (Wildman–Crippen LogP) is 1.27. The highest BCUT2D eigenvalue weighted by molar-refractivity contribution is 5.95. The molecule has 1 amide bonds. The number of furan rings is 1. The van der Waals surface area contributed by atoms with Crippen LogP contribution in [0.1, 0.15) is 29.0 Å². The van der Waals surface area contributed by atoms with Crippen LogP contribution in [0.3, 0.4) is 0 Å². The van der Waals surface area contributed by atoms with Gasteiger partial charge in [0.15, 0.2) is 0 Å². The van der Waals surface area contributed by atoms with E-state index >= 15 is 0 Å². The van der Waals surface area contributed by atoms with Gasteiger partial charge in [0.2, 0.25) is 0 Å². The quantitative estimate of drug-likeness (QED) is 0.605. The van der Waals surface area contributed by atoms with Crippen molar-refractivity contribution in [1.82, 2.24) is 5.32 Å². The van der Waals surface area contributed by atoms with Crippen LogP contribution in [0.5, 0.6) is 0 Å². The van der Waals surface area contributed by atoms with Gasteiger partial charge in [-0.3, -0.25) is 9.59 Å². The van der Waals surface area contributed by atoms with E-state index in [1.54, 1.807) is 13.0 Å². The first kappa shape index (κ1) is 12.3. The molecule has 0 fully saturated rings. The molecule has 0 unspecified atom stereocenters. The number of ether oxygens (including phenoxy) is 1. The molecular weight excluding hydrogens is 210 g/mol. The van der Waals surface area contributed by atoms with Crippen LogP contribution >= 0.6 is 0 Å². The molecule has 88 valence electrons. The number of hydrogen-bond donors (Lipinski definition) is 1. The van der Waals surface area contributed by atoms with Gasteiger partial charge in [0.05, 0.1) is 18.9 Å². The smallest absolute Gasteiger partial charge is 0.305 e. The summed E-state index contributed by atoms with van der Waals surface area (Å²) in [4.78, 5) is 22.3. The van der Waals surface area contributed by atoms with Crippen molar-refractivity contribution in [3.8, 4) is 0 Å². The molecule has 0 saturated heterocycles. The minimum absolute atomic E-state index is 0.184. The average Bonchev–Trinajstić information content (AvgIpc) is 2.70. The molecule has 5 nitrogen and oxygen atoms in total. The van der Waals surface area contributed by atoms with Crippen molar-refractivity contribution < 1.29 is 18.7 Å². The first-order valence-corrected chi connectivity index (χ1v) is 5.04. The van der Waals surface area contributed by atoms with Crippen LogP contribution in [0.2, 0.25) is 0 Å². The average molecular weight is 225 g/mol. The Bertz CT molecular complexity index is 370. The van der Waals surface area contributed by atoms with Crippen molar-refractivity contribution in [1.29, 1.82) is 0 Å². The van der Waals surface area contributed by atoms with E-state index in [0.29, 0.717) is 30.7 Å².